The van der Waals surface area contributed by atoms with E-state index in [4.69, 9.17) is 23.7 Å². The molecule has 0 aromatic heterocycles. The van der Waals surface area contributed by atoms with Crippen molar-refractivity contribution in [3.05, 3.63) is 41.5 Å². The highest BCUT2D eigenvalue weighted by molar-refractivity contribution is 5.54. The summed E-state index contributed by atoms with van der Waals surface area (Å²) in [6, 6.07) is 9.83. The number of methoxy groups -OCH3 is 4. The van der Waals surface area contributed by atoms with Crippen LogP contribution in [0.15, 0.2) is 30.3 Å². The van der Waals surface area contributed by atoms with Gasteiger partial charge < -0.3 is 23.7 Å². The second-order valence-corrected chi connectivity index (χ2v) is 5.58. The van der Waals surface area contributed by atoms with Gasteiger partial charge >= 0.3 is 0 Å². The molecule has 0 spiro atoms. The number of hydrogen-bond acceptors (Lipinski definition) is 5. The molecule has 2 aromatic carbocycles. The number of ether oxygens (including phenoxy) is 5. The third-order valence-corrected chi connectivity index (χ3v) is 4.28. The standard InChI is InChI=1S/C19H22O5/c1-20-14-7-5-12-6-8-15(24-16(12)11-14)13-9-17(21-2)19(23-4)18(10-13)22-3/h5,7,9-11,15H,6,8H2,1-4H3. The molecule has 2 aromatic rings. The van der Waals surface area contributed by atoms with Gasteiger partial charge in [-0.3, -0.25) is 0 Å². The van der Waals surface area contributed by atoms with Crippen molar-refractivity contribution in [2.75, 3.05) is 28.4 Å². The summed E-state index contributed by atoms with van der Waals surface area (Å²) < 4.78 is 27.7. The van der Waals surface area contributed by atoms with Crippen molar-refractivity contribution in [2.45, 2.75) is 18.9 Å². The van der Waals surface area contributed by atoms with E-state index in [2.05, 4.69) is 6.07 Å². The Morgan fingerprint density at radius 2 is 1.58 bits per heavy atom. The maximum atomic E-state index is 6.20. The minimum absolute atomic E-state index is 0.0710. The lowest BCUT2D eigenvalue weighted by Gasteiger charge is -2.27. The van der Waals surface area contributed by atoms with Crippen LogP contribution < -0.4 is 23.7 Å². The smallest absolute Gasteiger partial charge is 0.203 e. The van der Waals surface area contributed by atoms with Crippen LogP contribution in [0.25, 0.3) is 0 Å². The fourth-order valence-corrected chi connectivity index (χ4v) is 3.00. The zero-order chi connectivity index (χ0) is 17.1. The van der Waals surface area contributed by atoms with E-state index in [1.54, 1.807) is 28.4 Å². The molecule has 0 N–H and O–H groups in total. The van der Waals surface area contributed by atoms with Crippen LogP contribution in [0.4, 0.5) is 0 Å². The number of hydrogen-bond donors (Lipinski definition) is 0. The predicted molar refractivity (Wildman–Crippen MR) is 90.8 cm³/mol. The van der Waals surface area contributed by atoms with Crippen molar-refractivity contribution < 1.29 is 23.7 Å². The summed E-state index contributed by atoms with van der Waals surface area (Å²) in [5, 5.41) is 0. The maximum Gasteiger partial charge on any atom is 0.203 e. The molecule has 0 saturated carbocycles. The number of benzene rings is 2. The van der Waals surface area contributed by atoms with Crippen LogP contribution in [0.2, 0.25) is 0 Å². The van der Waals surface area contributed by atoms with E-state index in [0.717, 1.165) is 29.9 Å². The Labute approximate surface area is 142 Å². The molecule has 1 heterocycles. The van der Waals surface area contributed by atoms with Crippen molar-refractivity contribution >= 4 is 0 Å². The van der Waals surface area contributed by atoms with Crippen LogP contribution in [0.1, 0.15) is 23.7 Å². The average Bonchev–Trinajstić information content (AvgIpc) is 2.65. The minimum atomic E-state index is -0.0710. The third kappa shape index (κ3) is 2.94. The molecule has 0 bridgehead atoms. The first-order chi connectivity index (χ1) is 11.7. The molecule has 1 atom stereocenters. The zero-order valence-corrected chi connectivity index (χ0v) is 14.4. The monoisotopic (exact) mass is 330 g/mol. The van der Waals surface area contributed by atoms with E-state index < -0.39 is 0 Å². The summed E-state index contributed by atoms with van der Waals surface area (Å²) in [6.07, 6.45) is 1.76. The Morgan fingerprint density at radius 1 is 0.875 bits per heavy atom. The summed E-state index contributed by atoms with van der Waals surface area (Å²) in [7, 11) is 6.48. The summed E-state index contributed by atoms with van der Waals surface area (Å²) in [5.74, 6) is 3.50. The van der Waals surface area contributed by atoms with Gasteiger partial charge in [0.05, 0.1) is 28.4 Å². The summed E-state index contributed by atoms with van der Waals surface area (Å²) in [4.78, 5) is 0. The van der Waals surface area contributed by atoms with Crippen molar-refractivity contribution in [3.63, 3.8) is 0 Å². The van der Waals surface area contributed by atoms with Gasteiger partial charge in [-0.1, -0.05) is 6.07 Å². The van der Waals surface area contributed by atoms with E-state index in [1.165, 1.54) is 5.56 Å². The SMILES string of the molecule is COc1ccc2c(c1)OC(c1cc(OC)c(OC)c(OC)c1)CC2. The lowest BCUT2D eigenvalue weighted by atomic mass is 9.97. The molecule has 24 heavy (non-hydrogen) atoms. The molecular weight excluding hydrogens is 308 g/mol. The van der Waals surface area contributed by atoms with Crippen LogP contribution in [-0.4, -0.2) is 28.4 Å². The Balaban J connectivity index is 1.95. The normalized spacial score (nSPS) is 15.9. The topological polar surface area (TPSA) is 46.2 Å². The molecule has 0 radical (unpaired) electrons. The average molecular weight is 330 g/mol. The highest BCUT2D eigenvalue weighted by atomic mass is 16.5. The van der Waals surface area contributed by atoms with Crippen LogP contribution in [0, 0.1) is 0 Å². The lowest BCUT2D eigenvalue weighted by Crippen LogP contribution is -2.15. The van der Waals surface area contributed by atoms with Crippen LogP contribution in [0.3, 0.4) is 0 Å². The second-order valence-electron chi connectivity index (χ2n) is 5.58. The first-order valence-corrected chi connectivity index (χ1v) is 7.83. The van der Waals surface area contributed by atoms with Crippen molar-refractivity contribution in [3.8, 4) is 28.7 Å². The van der Waals surface area contributed by atoms with E-state index >= 15 is 0 Å². The minimum Gasteiger partial charge on any atom is -0.497 e. The molecule has 0 saturated heterocycles. The molecule has 3 rings (SSSR count). The van der Waals surface area contributed by atoms with Gasteiger partial charge in [0.15, 0.2) is 11.5 Å². The fraction of sp³-hybridized carbons (Fsp3) is 0.368. The first-order valence-electron chi connectivity index (χ1n) is 7.83. The summed E-state index contributed by atoms with van der Waals surface area (Å²) in [6.45, 7) is 0. The number of rotatable bonds is 5. The Morgan fingerprint density at radius 3 is 2.17 bits per heavy atom. The van der Waals surface area contributed by atoms with Gasteiger partial charge in [-0.05, 0) is 42.2 Å². The maximum absolute atomic E-state index is 6.20. The van der Waals surface area contributed by atoms with E-state index in [0.29, 0.717) is 17.2 Å². The molecule has 0 amide bonds. The number of fused-ring (bicyclic) bond motifs is 1. The fourth-order valence-electron chi connectivity index (χ4n) is 3.00. The van der Waals surface area contributed by atoms with Gasteiger partial charge in [0.25, 0.3) is 0 Å². The Kier molecular flexibility index (Phi) is 4.69. The van der Waals surface area contributed by atoms with Gasteiger partial charge in [-0.2, -0.15) is 0 Å². The van der Waals surface area contributed by atoms with Crippen LogP contribution in [-0.2, 0) is 6.42 Å². The largest absolute Gasteiger partial charge is 0.497 e. The van der Waals surface area contributed by atoms with Crippen molar-refractivity contribution in [1.82, 2.24) is 0 Å². The van der Waals surface area contributed by atoms with Gasteiger partial charge in [0, 0.05) is 6.07 Å². The zero-order valence-electron chi connectivity index (χ0n) is 14.4. The van der Waals surface area contributed by atoms with Crippen molar-refractivity contribution in [1.29, 1.82) is 0 Å². The summed E-state index contributed by atoms with van der Waals surface area (Å²) in [5.41, 5.74) is 2.19. The molecule has 1 aliphatic heterocycles. The van der Waals surface area contributed by atoms with Gasteiger partial charge in [-0.15, -0.1) is 0 Å². The highest BCUT2D eigenvalue weighted by Gasteiger charge is 2.24. The second kappa shape index (κ2) is 6.91. The predicted octanol–water partition coefficient (Wildman–Crippen LogP) is 3.79. The van der Waals surface area contributed by atoms with E-state index in [9.17, 15) is 0 Å². The van der Waals surface area contributed by atoms with Gasteiger partial charge in [-0.25, -0.2) is 0 Å². The third-order valence-electron chi connectivity index (χ3n) is 4.28. The Hall–Kier alpha value is -2.56. The molecular formula is C19H22O5. The van der Waals surface area contributed by atoms with Crippen molar-refractivity contribution in [2.24, 2.45) is 0 Å². The molecule has 1 aliphatic rings. The lowest BCUT2D eigenvalue weighted by molar-refractivity contribution is 0.174. The molecule has 1 unspecified atom stereocenters. The molecule has 128 valence electrons. The van der Waals surface area contributed by atoms with Gasteiger partial charge in [0.2, 0.25) is 5.75 Å². The van der Waals surface area contributed by atoms with E-state index in [-0.39, 0.29) is 6.10 Å². The Bertz CT molecular complexity index is 701. The quantitative estimate of drug-likeness (QED) is 0.835. The van der Waals surface area contributed by atoms with Crippen LogP contribution in [0.5, 0.6) is 28.7 Å². The first kappa shape index (κ1) is 16.3. The van der Waals surface area contributed by atoms with Gasteiger partial charge in [0.1, 0.15) is 17.6 Å². The molecule has 0 aliphatic carbocycles. The summed E-state index contributed by atoms with van der Waals surface area (Å²) >= 11 is 0. The van der Waals surface area contributed by atoms with E-state index in [1.807, 2.05) is 24.3 Å². The number of aryl methyl sites for hydroxylation is 1. The molecule has 5 heteroatoms. The highest BCUT2D eigenvalue weighted by Crippen LogP contribution is 2.43. The van der Waals surface area contributed by atoms with Crippen LogP contribution >= 0.6 is 0 Å². The molecule has 0 fully saturated rings. The molecule has 5 nitrogen and oxygen atoms in total.